The van der Waals surface area contributed by atoms with Gasteiger partial charge in [-0.15, -0.1) is 0 Å². The number of anilines is 1. The van der Waals surface area contributed by atoms with Crippen molar-refractivity contribution in [2.45, 2.75) is 24.0 Å². The highest BCUT2D eigenvalue weighted by Crippen LogP contribution is 2.35. The van der Waals surface area contributed by atoms with Crippen molar-refractivity contribution in [1.29, 1.82) is 0 Å². The van der Waals surface area contributed by atoms with Crippen LogP contribution in [0.25, 0.3) is 11.4 Å². The van der Waals surface area contributed by atoms with Crippen LogP contribution in [0, 0.1) is 0 Å². The van der Waals surface area contributed by atoms with Crippen LogP contribution in [0.3, 0.4) is 0 Å². The Kier molecular flexibility index (Phi) is 9.00. The van der Waals surface area contributed by atoms with E-state index in [1.807, 2.05) is 6.07 Å². The maximum atomic E-state index is 13.1. The summed E-state index contributed by atoms with van der Waals surface area (Å²) >= 11 is 7.27. The molecule has 0 bridgehead atoms. The van der Waals surface area contributed by atoms with Crippen molar-refractivity contribution in [3.05, 3.63) is 82.7 Å². The molecule has 0 fully saturated rings. The summed E-state index contributed by atoms with van der Waals surface area (Å²) in [6.45, 7) is 0.334. The monoisotopic (exact) mass is 578 g/mol. The van der Waals surface area contributed by atoms with E-state index >= 15 is 0 Å². The maximum Gasteiger partial charge on any atom is 0.471 e. The fraction of sp³-hybridized carbons (Fsp3) is 0.192. The number of carbonyl (C=O) groups is 1. The molecule has 0 radical (unpaired) electrons. The topological polar surface area (TPSA) is 98.5 Å². The molecule has 1 amide bonds. The minimum Gasteiger partial charge on any atom is -0.497 e. The number of carbonyl (C=O) groups excluding carboxylic acids is 1. The number of amides is 1. The van der Waals surface area contributed by atoms with Crippen molar-refractivity contribution in [2.75, 3.05) is 19.5 Å². The van der Waals surface area contributed by atoms with Crippen molar-refractivity contribution >= 4 is 35.1 Å². The Morgan fingerprint density at radius 3 is 2.54 bits per heavy atom. The van der Waals surface area contributed by atoms with E-state index in [0.29, 0.717) is 39.2 Å². The van der Waals surface area contributed by atoms with Crippen molar-refractivity contribution in [2.24, 2.45) is 0 Å². The van der Waals surface area contributed by atoms with E-state index in [4.69, 9.17) is 21.1 Å². The van der Waals surface area contributed by atoms with Gasteiger partial charge in [-0.2, -0.15) is 18.2 Å². The Morgan fingerprint density at radius 2 is 1.85 bits per heavy atom. The first-order chi connectivity index (χ1) is 18.7. The number of benzene rings is 3. The normalized spacial score (nSPS) is 11.3. The number of rotatable bonds is 10. The van der Waals surface area contributed by atoms with Crippen LogP contribution in [0.2, 0.25) is 5.02 Å². The van der Waals surface area contributed by atoms with E-state index in [1.54, 1.807) is 55.6 Å². The Morgan fingerprint density at radius 1 is 1.05 bits per heavy atom. The van der Waals surface area contributed by atoms with Gasteiger partial charge in [0.1, 0.15) is 11.5 Å². The second kappa shape index (κ2) is 12.4. The average molecular weight is 579 g/mol. The van der Waals surface area contributed by atoms with Crippen LogP contribution >= 0.6 is 23.5 Å². The molecule has 8 nitrogen and oxygen atoms in total. The Balaban J connectivity index is 1.56. The molecular weight excluding hydrogens is 557 g/mol. The summed E-state index contributed by atoms with van der Waals surface area (Å²) in [6, 6.07) is 17.0. The summed E-state index contributed by atoms with van der Waals surface area (Å²) in [6.07, 6.45) is -4.74. The standard InChI is InChI=1S/C26H22ClF3N4O4S/c1-36-18-9-7-16(21(13-18)37-2)14-31-39-22-12-17(32-23(35)11-15-5-3-4-6-20(15)27)8-10-19(22)24-33-25(38-34-24)26(28,29)30/h3-10,12-13,31H,11,14H2,1-2H3,(H,32,35). The number of halogens is 4. The molecular formula is C26H22ClF3N4O4S. The van der Waals surface area contributed by atoms with Crippen molar-refractivity contribution in [3.63, 3.8) is 0 Å². The van der Waals surface area contributed by atoms with E-state index in [0.717, 1.165) is 17.5 Å². The Labute approximate surface area is 231 Å². The quantitative estimate of drug-likeness (QED) is 0.209. The van der Waals surface area contributed by atoms with Crippen molar-refractivity contribution < 1.29 is 32.0 Å². The molecule has 204 valence electrons. The van der Waals surface area contributed by atoms with E-state index < -0.39 is 12.1 Å². The molecule has 0 aliphatic heterocycles. The highest BCUT2D eigenvalue weighted by atomic mass is 35.5. The predicted octanol–water partition coefficient (Wildman–Crippen LogP) is 6.40. The maximum absolute atomic E-state index is 13.1. The summed E-state index contributed by atoms with van der Waals surface area (Å²) in [5, 5.41) is 6.76. The summed E-state index contributed by atoms with van der Waals surface area (Å²) in [4.78, 5) is 16.6. The number of nitrogens with one attached hydrogen (secondary N) is 2. The van der Waals surface area contributed by atoms with Crippen LogP contribution in [0.15, 0.2) is 70.1 Å². The lowest BCUT2D eigenvalue weighted by atomic mass is 10.1. The second-order valence-corrected chi connectivity index (χ2v) is 9.39. The van der Waals surface area contributed by atoms with Gasteiger partial charge < -0.3 is 19.3 Å². The molecule has 0 atom stereocenters. The third-order valence-corrected chi connectivity index (χ3v) is 6.64. The molecule has 0 aliphatic rings. The lowest BCUT2D eigenvalue weighted by Crippen LogP contribution is -2.15. The molecule has 0 saturated heterocycles. The fourth-order valence-electron chi connectivity index (χ4n) is 3.53. The van der Waals surface area contributed by atoms with Gasteiger partial charge in [0.25, 0.3) is 0 Å². The van der Waals surface area contributed by atoms with Crippen LogP contribution < -0.4 is 19.5 Å². The third kappa shape index (κ3) is 7.22. The minimum absolute atomic E-state index is 0.0409. The van der Waals surface area contributed by atoms with Crippen LogP contribution in [0.1, 0.15) is 17.0 Å². The summed E-state index contributed by atoms with van der Waals surface area (Å²) in [7, 11) is 3.08. The fourth-order valence-corrected chi connectivity index (χ4v) is 4.57. The van der Waals surface area contributed by atoms with Crippen LogP contribution in [-0.2, 0) is 23.9 Å². The van der Waals surface area contributed by atoms with Gasteiger partial charge in [0.15, 0.2) is 0 Å². The first-order valence-electron chi connectivity index (χ1n) is 11.4. The van der Waals surface area contributed by atoms with E-state index in [2.05, 4.69) is 24.7 Å². The molecule has 1 aromatic heterocycles. The number of hydrogen-bond acceptors (Lipinski definition) is 8. The summed E-state index contributed by atoms with van der Waals surface area (Å²) in [5.74, 6) is -0.801. The van der Waals surface area contributed by atoms with E-state index in [1.165, 1.54) is 13.2 Å². The number of alkyl halides is 3. The molecule has 13 heteroatoms. The van der Waals surface area contributed by atoms with Gasteiger partial charge >= 0.3 is 12.1 Å². The number of methoxy groups -OCH3 is 2. The average Bonchev–Trinajstić information content (AvgIpc) is 3.41. The van der Waals surface area contributed by atoms with Gasteiger partial charge in [0.2, 0.25) is 11.7 Å². The molecule has 3 aromatic carbocycles. The first-order valence-corrected chi connectivity index (χ1v) is 12.6. The van der Waals surface area contributed by atoms with Crippen molar-refractivity contribution in [1.82, 2.24) is 14.9 Å². The molecule has 0 unspecified atom stereocenters. The van der Waals surface area contributed by atoms with Crippen LogP contribution in [-0.4, -0.2) is 30.3 Å². The first kappa shape index (κ1) is 28.3. The van der Waals surface area contributed by atoms with Gasteiger partial charge in [-0.25, -0.2) is 0 Å². The molecule has 39 heavy (non-hydrogen) atoms. The molecule has 4 aromatic rings. The zero-order valence-corrected chi connectivity index (χ0v) is 22.2. The number of hydrogen-bond donors (Lipinski definition) is 2. The summed E-state index contributed by atoms with van der Waals surface area (Å²) in [5.41, 5.74) is 2.17. The number of aromatic nitrogens is 2. The molecule has 1 heterocycles. The molecule has 4 rings (SSSR count). The van der Waals surface area contributed by atoms with Crippen LogP contribution in [0.4, 0.5) is 18.9 Å². The molecule has 2 N–H and O–H groups in total. The lowest BCUT2D eigenvalue weighted by molar-refractivity contribution is -0.159. The molecule has 0 aliphatic carbocycles. The minimum atomic E-state index is -4.78. The van der Waals surface area contributed by atoms with Crippen molar-refractivity contribution in [3.8, 4) is 22.9 Å². The second-order valence-electron chi connectivity index (χ2n) is 8.05. The van der Waals surface area contributed by atoms with E-state index in [9.17, 15) is 18.0 Å². The predicted molar refractivity (Wildman–Crippen MR) is 141 cm³/mol. The highest BCUT2D eigenvalue weighted by molar-refractivity contribution is 7.97. The zero-order chi connectivity index (χ0) is 28.0. The third-order valence-electron chi connectivity index (χ3n) is 5.42. The SMILES string of the molecule is COc1ccc(CNSc2cc(NC(=O)Cc3ccccc3Cl)ccc2-c2noc(C(F)(F)F)n2)c(OC)c1. The van der Waals surface area contributed by atoms with Gasteiger partial charge in [0, 0.05) is 39.3 Å². The van der Waals surface area contributed by atoms with Gasteiger partial charge in [-0.1, -0.05) is 41.0 Å². The number of ether oxygens (including phenoxy) is 2. The number of nitrogens with zero attached hydrogens (tertiary/aromatic N) is 2. The van der Waals surface area contributed by atoms with Gasteiger partial charge in [-0.3, -0.25) is 9.52 Å². The van der Waals surface area contributed by atoms with Gasteiger partial charge in [-0.05, 0) is 47.8 Å². The van der Waals surface area contributed by atoms with Crippen LogP contribution in [0.5, 0.6) is 11.5 Å². The molecule has 0 spiro atoms. The smallest absolute Gasteiger partial charge is 0.471 e. The zero-order valence-electron chi connectivity index (χ0n) is 20.6. The van der Waals surface area contributed by atoms with Gasteiger partial charge in [0.05, 0.1) is 20.6 Å². The Bertz CT molecular complexity index is 1470. The highest BCUT2D eigenvalue weighted by Gasteiger charge is 2.38. The largest absolute Gasteiger partial charge is 0.497 e. The lowest BCUT2D eigenvalue weighted by Gasteiger charge is -2.13. The summed E-state index contributed by atoms with van der Waals surface area (Å²) < 4.78 is 57.4. The molecule has 0 saturated carbocycles. The van der Waals surface area contributed by atoms with E-state index in [-0.39, 0.29) is 23.7 Å². The Hall–Kier alpha value is -3.74.